The van der Waals surface area contributed by atoms with Crippen LogP contribution in [0.3, 0.4) is 0 Å². The number of nitrogens with zero attached hydrogens (tertiary/aromatic N) is 4. The molecule has 0 aliphatic rings. The smallest absolute Gasteiger partial charge is 0.138 e. The van der Waals surface area contributed by atoms with Gasteiger partial charge in [0.1, 0.15) is 17.3 Å². The Balaban J connectivity index is 2.20. The van der Waals surface area contributed by atoms with Gasteiger partial charge in [0.25, 0.3) is 0 Å². The first kappa shape index (κ1) is 12.0. The number of aromatic nitrogens is 4. The first-order valence-corrected chi connectivity index (χ1v) is 5.49. The molecule has 90 valence electrons. The summed E-state index contributed by atoms with van der Waals surface area (Å²) in [6.45, 7) is 0. The lowest BCUT2D eigenvalue weighted by Gasteiger charge is -2.15. The zero-order valence-corrected chi connectivity index (χ0v) is 10.1. The van der Waals surface area contributed by atoms with Crippen LogP contribution in [0.25, 0.3) is 0 Å². The highest BCUT2D eigenvalue weighted by Gasteiger charge is 2.14. The van der Waals surface area contributed by atoms with Gasteiger partial charge in [-0.2, -0.15) is 5.10 Å². The molecule has 3 N–H and O–H groups in total. The van der Waals surface area contributed by atoms with Gasteiger partial charge in [-0.1, -0.05) is 11.6 Å². The van der Waals surface area contributed by atoms with Crippen molar-refractivity contribution < 1.29 is 0 Å². The minimum Gasteiger partial charge on any atom is -0.271 e. The lowest BCUT2D eigenvalue weighted by atomic mass is 10.1. The molecule has 0 spiro atoms. The molecule has 1 unspecified atom stereocenters. The maximum absolute atomic E-state index is 5.85. The number of hydrogen-bond acceptors (Lipinski definition) is 5. The first-order chi connectivity index (χ1) is 8.20. The summed E-state index contributed by atoms with van der Waals surface area (Å²) >= 11 is 5.85. The largest absolute Gasteiger partial charge is 0.271 e. The van der Waals surface area contributed by atoms with Gasteiger partial charge in [-0.15, -0.1) is 0 Å². The summed E-state index contributed by atoms with van der Waals surface area (Å²) in [7, 11) is 1.84. The molecule has 0 aliphatic carbocycles. The van der Waals surface area contributed by atoms with Crippen LogP contribution in [0, 0.1) is 0 Å². The van der Waals surface area contributed by atoms with Gasteiger partial charge in [0.15, 0.2) is 0 Å². The maximum atomic E-state index is 5.85. The fourth-order valence-corrected chi connectivity index (χ4v) is 1.78. The van der Waals surface area contributed by atoms with Crippen LogP contribution in [0.5, 0.6) is 0 Å². The van der Waals surface area contributed by atoms with Crippen LogP contribution >= 0.6 is 11.6 Å². The maximum Gasteiger partial charge on any atom is 0.138 e. The zero-order valence-electron chi connectivity index (χ0n) is 9.34. The van der Waals surface area contributed by atoms with E-state index in [-0.39, 0.29) is 6.04 Å². The minimum atomic E-state index is -0.0709. The van der Waals surface area contributed by atoms with Gasteiger partial charge >= 0.3 is 0 Å². The lowest BCUT2D eigenvalue weighted by Crippen LogP contribution is -2.30. The van der Waals surface area contributed by atoms with Crippen LogP contribution in [0.1, 0.15) is 17.4 Å². The van der Waals surface area contributed by atoms with E-state index >= 15 is 0 Å². The number of nitrogens with two attached hydrogens (primary N) is 1. The Morgan fingerprint density at radius 2 is 2.35 bits per heavy atom. The number of hydrogen-bond donors (Lipinski definition) is 2. The summed E-state index contributed by atoms with van der Waals surface area (Å²) in [4.78, 5) is 8.09. The Labute approximate surface area is 104 Å². The molecule has 17 heavy (non-hydrogen) atoms. The number of pyridine rings is 1. The standard InChI is InChI=1S/C10H13ClN6/c1-17-10(14-6-15-17)5-8(16-12)7-2-3-13-9(11)4-7/h2-4,6,8,16H,5,12H2,1H3. The molecule has 2 aromatic rings. The second kappa shape index (κ2) is 5.22. The Bertz CT molecular complexity index is 497. The van der Waals surface area contributed by atoms with Crippen molar-refractivity contribution in [1.29, 1.82) is 0 Å². The molecule has 2 heterocycles. The lowest BCUT2D eigenvalue weighted by molar-refractivity contribution is 0.523. The van der Waals surface area contributed by atoms with E-state index in [0.717, 1.165) is 11.4 Å². The summed E-state index contributed by atoms with van der Waals surface area (Å²) in [5.74, 6) is 6.40. The Morgan fingerprint density at radius 1 is 1.53 bits per heavy atom. The van der Waals surface area contributed by atoms with Gasteiger partial charge in [-0.05, 0) is 17.7 Å². The van der Waals surface area contributed by atoms with Gasteiger partial charge in [-0.3, -0.25) is 16.0 Å². The summed E-state index contributed by atoms with van der Waals surface area (Å²) < 4.78 is 1.72. The van der Waals surface area contributed by atoms with E-state index in [0.29, 0.717) is 11.6 Å². The molecular weight excluding hydrogens is 240 g/mol. The molecule has 0 aromatic carbocycles. The van der Waals surface area contributed by atoms with Crippen molar-refractivity contribution in [2.75, 3.05) is 0 Å². The molecule has 0 saturated heterocycles. The summed E-state index contributed by atoms with van der Waals surface area (Å²) in [5, 5.41) is 4.46. The van der Waals surface area contributed by atoms with E-state index in [9.17, 15) is 0 Å². The predicted octanol–water partition coefficient (Wildman–Crippen LogP) is 0.611. The number of rotatable bonds is 4. The molecule has 0 amide bonds. The third-order valence-electron chi connectivity index (χ3n) is 2.55. The normalized spacial score (nSPS) is 12.6. The fraction of sp³-hybridized carbons (Fsp3) is 0.300. The highest BCUT2D eigenvalue weighted by molar-refractivity contribution is 6.29. The molecule has 0 bridgehead atoms. The van der Waals surface area contributed by atoms with Crippen LogP contribution in [0.15, 0.2) is 24.7 Å². The number of halogens is 1. The monoisotopic (exact) mass is 252 g/mol. The molecular formula is C10H13ClN6. The minimum absolute atomic E-state index is 0.0709. The predicted molar refractivity (Wildman–Crippen MR) is 64.0 cm³/mol. The van der Waals surface area contributed by atoms with Crippen LogP contribution < -0.4 is 11.3 Å². The van der Waals surface area contributed by atoms with Crippen molar-refractivity contribution >= 4 is 11.6 Å². The molecule has 0 radical (unpaired) electrons. The van der Waals surface area contributed by atoms with E-state index in [1.165, 1.54) is 6.33 Å². The van der Waals surface area contributed by atoms with Crippen LogP contribution in [0.4, 0.5) is 0 Å². The van der Waals surface area contributed by atoms with E-state index in [4.69, 9.17) is 17.4 Å². The van der Waals surface area contributed by atoms with E-state index in [2.05, 4.69) is 20.5 Å². The third-order valence-corrected chi connectivity index (χ3v) is 2.75. The van der Waals surface area contributed by atoms with Gasteiger partial charge in [0.2, 0.25) is 0 Å². The molecule has 0 aliphatic heterocycles. The zero-order chi connectivity index (χ0) is 12.3. The van der Waals surface area contributed by atoms with E-state index in [1.807, 2.05) is 13.1 Å². The summed E-state index contributed by atoms with van der Waals surface area (Å²) in [6, 6.07) is 3.58. The van der Waals surface area contributed by atoms with Gasteiger partial charge < -0.3 is 0 Å². The second-order valence-corrected chi connectivity index (χ2v) is 4.02. The molecule has 1 atom stereocenters. The van der Waals surface area contributed by atoms with E-state index in [1.54, 1.807) is 16.9 Å². The van der Waals surface area contributed by atoms with Crippen LogP contribution in [0.2, 0.25) is 5.15 Å². The average molecular weight is 253 g/mol. The number of hydrazine groups is 1. The fourth-order valence-electron chi connectivity index (χ4n) is 1.59. The van der Waals surface area contributed by atoms with Crippen LogP contribution in [-0.2, 0) is 13.5 Å². The van der Waals surface area contributed by atoms with Gasteiger partial charge in [-0.25, -0.2) is 9.97 Å². The summed E-state index contributed by atoms with van der Waals surface area (Å²) in [6.07, 6.45) is 3.80. The first-order valence-electron chi connectivity index (χ1n) is 5.11. The van der Waals surface area contributed by atoms with Crippen molar-refractivity contribution in [3.05, 3.63) is 41.2 Å². The van der Waals surface area contributed by atoms with Crippen LogP contribution in [-0.4, -0.2) is 19.7 Å². The van der Waals surface area contributed by atoms with E-state index < -0.39 is 0 Å². The van der Waals surface area contributed by atoms with Gasteiger partial charge in [0, 0.05) is 19.7 Å². The molecule has 0 fully saturated rings. The van der Waals surface area contributed by atoms with Gasteiger partial charge in [0.05, 0.1) is 6.04 Å². The average Bonchev–Trinajstić information content (AvgIpc) is 2.71. The quantitative estimate of drug-likeness (QED) is 0.473. The molecule has 7 heteroatoms. The Morgan fingerprint density at radius 3 is 2.94 bits per heavy atom. The Hall–Kier alpha value is -1.50. The highest BCUT2D eigenvalue weighted by Crippen LogP contribution is 2.18. The second-order valence-electron chi connectivity index (χ2n) is 3.64. The SMILES string of the molecule is Cn1ncnc1CC(NN)c1ccnc(Cl)c1. The van der Waals surface area contributed by atoms with Crippen molar-refractivity contribution in [2.24, 2.45) is 12.9 Å². The highest BCUT2D eigenvalue weighted by atomic mass is 35.5. The van der Waals surface area contributed by atoms with Crippen molar-refractivity contribution in [3.8, 4) is 0 Å². The molecule has 0 saturated carbocycles. The molecule has 6 nitrogen and oxygen atoms in total. The van der Waals surface area contributed by atoms with Crippen molar-refractivity contribution in [2.45, 2.75) is 12.5 Å². The topological polar surface area (TPSA) is 81.7 Å². The van der Waals surface area contributed by atoms with Crippen molar-refractivity contribution in [3.63, 3.8) is 0 Å². The molecule has 2 rings (SSSR count). The van der Waals surface area contributed by atoms with Crippen molar-refractivity contribution in [1.82, 2.24) is 25.2 Å². The number of nitrogens with one attached hydrogen (secondary N) is 1. The molecule has 2 aromatic heterocycles. The third kappa shape index (κ3) is 2.79. The number of aryl methyl sites for hydroxylation is 1. The summed E-state index contributed by atoms with van der Waals surface area (Å²) in [5.41, 5.74) is 3.71. The Kier molecular flexibility index (Phi) is 3.68.